The Labute approximate surface area is 213 Å². The van der Waals surface area contributed by atoms with E-state index in [0.29, 0.717) is 30.5 Å². The SMILES string of the molecule is Cn1cc(-c2ccnc3c2cc(CCNC(=O)[C@@H]2CCCN2C(=O)O)n3S(=O)(=O)c2ccccc2)cn1. The number of rotatable bonds is 7. The first-order valence-electron chi connectivity index (χ1n) is 11.8. The molecule has 3 aromatic heterocycles. The Hall–Kier alpha value is -4.19. The van der Waals surface area contributed by atoms with Crippen LogP contribution >= 0.6 is 0 Å². The number of amides is 2. The summed E-state index contributed by atoms with van der Waals surface area (Å²) < 4.78 is 30.4. The first kappa shape index (κ1) is 24.5. The second-order valence-electron chi connectivity index (χ2n) is 8.89. The molecule has 4 aromatic rings. The largest absolute Gasteiger partial charge is 0.465 e. The molecule has 2 N–H and O–H groups in total. The van der Waals surface area contributed by atoms with Crippen molar-refractivity contribution in [2.24, 2.45) is 7.05 Å². The predicted octanol–water partition coefficient (Wildman–Crippen LogP) is 2.47. The fraction of sp³-hybridized carbons (Fsp3) is 0.280. The van der Waals surface area contributed by atoms with Crippen molar-refractivity contribution in [2.75, 3.05) is 13.1 Å². The molecule has 0 unspecified atom stereocenters. The number of nitrogens with zero attached hydrogens (tertiary/aromatic N) is 5. The molecule has 1 atom stereocenters. The van der Waals surface area contributed by atoms with E-state index in [1.165, 1.54) is 16.1 Å². The first-order chi connectivity index (χ1) is 17.8. The minimum absolute atomic E-state index is 0.120. The summed E-state index contributed by atoms with van der Waals surface area (Å²) in [4.78, 5) is 29.8. The number of fused-ring (bicyclic) bond motifs is 1. The van der Waals surface area contributed by atoms with Crippen LogP contribution in [-0.4, -0.2) is 68.3 Å². The number of aryl methyl sites for hydroxylation is 1. The highest BCUT2D eigenvalue weighted by Crippen LogP contribution is 2.32. The molecule has 1 aliphatic rings. The van der Waals surface area contributed by atoms with Gasteiger partial charge in [-0.25, -0.2) is 22.2 Å². The van der Waals surface area contributed by atoms with Gasteiger partial charge in [-0.2, -0.15) is 5.10 Å². The van der Waals surface area contributed by atoms with Crippen molar-refractivity contribution in [1.82, 2.24) is 29.0 Å². The Morgan fingerprint density at radius 3 is 2.68 bits per heavy atom. The Morgan fingerprint density at radius 2 is 1.97 bits per heavy atom. The van der Waals surface area contributed by atoms with Crippen molar-refractivity contribution in [3.05, 3.63) is 66.7 Å². The number of nitrogens with one attached hydrogen (secondary N) is 1. The van der Waals surface area contributed by atoms with Crippen LogP contribution in [0.5, 0.6) is 0 Å². The van der Waals surface area contributed by atoms with Gasteiger partial charge in [-0.1, -0.05) is 18.2 Å². The average molecular weight is 523 g/mol. The number of carboxylic acid groups (broad SMARTS) is 1. The summed E-state index contributed by atoms with van der Waals surface area (Å²) in [6, 6.07) is 10.9. The van der Waals surface area contributed by atoms with E-state index in [1.54, 1.807) is 48.4 Å². The number of hydrogen-bond acceptors (Lipinski definition) is 6. The van der Waals surface area contributed by atoms with E-state index < -0.39 is 22.2 Å². The zero-order valence-corrected chi connectivity index (χ0v) is 20.9. The van der Waals surface area contributed by atoms with Crippen LogP contribution in [0.3, 0.4) is 0 Å². The van der Waals surface area contributed by atoms with Gasteiger partial charge in [-0.15, -0.1) is 0 Å². The highest BCUT2D eigenvalue weighted by molar-refractivity contribution is 7.90. The van der Waals surface area contributed by atoms with Gasteiger partial charge in [-0.3, -0.25) is 14.4 Å². The molecular formula is C25H26N6O5S. The van der Waals surface area contributed by atoms with Crippen LogP contribution in [-0.2, 0) is 28.3 Å². The molecule has 0 radical (unpaired) electrons. The molecule has 2 amide bonds. The molecule has 1 fully saturated rings. The molecule has 0 aliphatic carbocycles. The van der Waals surface area contributed by atoms with Crippen molar-refractivity contribution < 1.29 is 23.1 Å². The molecule has 0 saturated carbocycles. The highest BCUT2D eigenvalue weighted by Gasteiger charge is 2.34. The van der Waals surface area contributed by atoms with Gasteiger partial charge in [0.25, 0.3) is 10.0 Å². The van der Waals surface area contributed by atoms with E-state index in [1.807, 2.05) is 12.3 Å². The Bertz CT molecular complexity index is 1580. The van der Waals surface area contributed by atoms with Gasteiger partial charge < -0.3 is 10.4 Å². The molecule has 5 rings (SSSR count). The second kappa shape index (κ2) is 9.69. The topological polar surface area (TPSA) is 139 Å². The fourth-order valence-corrected chi connectivity index (χ4v) is 6.32. The molecule has 1 aromatic carbocycles. The van der Waals surface area contributed by atoms with Crippen molar-refractivity contribution in [3.63, 3.8) is 0 Å². The molecule has 37 heavy (non-hydrogen) atoms. The van der Waals surface area contributed by atoms with E-state index in [4.69, 9.17) is 0 Å². The molecule has 1 saturated heterocycles. The molecule has 11 nitrogen and oxygen atoms in total. The third kappa shape index (κ3) is 4.55. The van der Waals surface area contributed by atoms with Crippen LogP contribution in [0.4, 0.5) is 4.79 Å². The summed E-state index contributed by atoms with van der Waals surface area (Å²) in [6.45, 7) is 0.450. The maximum Gasteiger partial charge on any atom is 0.407 e. The summed E-state index contributed by atoms with van der Waals surface area (Å²) in [5.74, 6) is -0.386. The van der Waals surface area contributed by atoms with Crippen LogP contribution < -0.4 is 5.32 Å². The van der Waals surface area contributed by atoms with E-state index in [-0.39, 0.29) is 29.4 Å². The molecule has 4 heterocycles. The number of carbonyl (C=O) groups is 2. The Morgan fingerprint density at radius 1 is 1.19 bits per heavy atom. The van der Waals surface area contributed by atoms with Crippen LogP contribution in [0.2, 0.25) is 0 Å². The van der Waals surface area contributed by atoms with E-state index in [9.17, 15) is 23.1 Å². The van der Waals surface area contributed by atoms with Crippen LogP contribution in [0, 0.1) is 0 Å². The maximum absolute atomic E-state index is 13.8. The molecule has 192 valence electrons. The number of carbonyl (C=O) groups excluding carboxylic acids is 1. The van der Waals surface area contributed by atoms with Crippen LogP contribution in [0.1, 0.15) is 18.5 Å². The minimum Gasteiger partial charge on any atom is -0.465 e. The van der Waals surface area contributed by atoms with Gasteiger partial charge in [0, 0.05) is 55.6 Å². The normalized spacial score (nSPS) is 15.8. The molecule has 0 spiro atoms. The number of pyridine rings is 1. The Kier molecular flexibility index (Phi) is 6.42. The van der Waals surface area contributed by atoms with Crippen molar-refractivity contribution in [3.8, 4) is 11.1 Å². The van der Waals surface area contributed by atoms with Crippen molar-refractivity contribution in [1.29, 1.82) is 0 Å². The molecule has 0 bridgehead atoms. The second-order valence-corrected chi connectivity index (χ2v) is 10.7. The van der Waals surface area contributed by atoms with E-state index in [0.717, 1.165) is 16.0 Å². The summed E-state index contributed by atoms with van der Waals surface area (Å²) in [5.41, 5.74) is 2.33. The van der Waals surface area contributed by atoms with Crippen LogP contribution in [0.15, 0.2) is 66.0 Å². The summed E-state index contributed by atoms with van der Waals surface area (Å²) in [7, 11) is -2.20. The van der Waals surface area contributed by atoms with Gasteiger partial charge in [0.15, 0.2) is 5.65 Å². The fourth-order valence-electron chi connectivity index (χ4n) is 4.78. The molecular weight excluding hydrogens is 496 g/mol. The third-order valence-corrected chi connectivity index (χ3v) is 8.27. The van der Waals surface area contributed by atoms with Crippen molar-refractivity contribution in [2.45, 2.75) is 30.2 Å². The van der Waals surface area contributed by atoms with Crippen LogP contribution in [0.25, 0.3) is 22.2 Å². The average Bonchev–Trinajstić information content (AvgIpc) is 3.62. The zero-order valence-electron chi connectivity index (χ0n) is 20.1. The predicted molar refractivity (Wildman–Crippen MR) is 135 cm³/mol. The maximum atomic E-state index is 13.8. The standard InChI is InChI=1S/C25H26N6O5S/c1-29-16-17(15-28-29)20-10-12-26-23-21(20)14-18(31(23)37(35,36)19-6-3-2-4-7-19)9-11-27-24(32)22-8-5-13-30(22)25(33)34/h2-4,6-7,10,12,14-16,22H,5,8-9,11,13H2,1H3,(H,27,32)(H,33,34)/t22-/m0/s1. The monoisotopic (exact) mass is 522 g/mol. The number of benzene rings is 1. The minimum atomic E-state index is -4.00. The quantitative estimate of drug-likeness (QED) is 0.380. The first-order valence-corrected chi connectivity index (χ1v) is 13.3. The van der Waals surface area contributed by atoms with Gasteiger partial charge in [0.1, 0.15) is 6.04 Å². The zero-order chi connectivity index (χ0) is 26.2. The summed E-state index contributed by atoms with van der Waals surface area (Å²) in [5, 5.41) is 17.0. The molecule has 1 aliphatic heterocycles. The van der Waals surface area contributed by atoms with Gasteiger partial charge in [0.05, 0.1) is 11.1 Å². The van der Waals surface area contributed by atoms with Gasteiger partial charge in [-0.05, 0) is 42.7 Å². The lowest BCUT2D eigenvalue weighted by Crippen LogP contribution is -2.45. The van der Waals surface area contributed by atoms with E-state index >= 15 is 0 Å². The molecule has 12 heteroatoms. The Balaban J connectivity index is 1.52. The van der Waals surface area contributed by atoms with Gasteiger partial charge in [0.2, 0.25) is 5.91 Å². The number of aromatic nitrogens is 4. The smallest absolute Gasteiger partial charge is 0.407 e. The summed E-state index contributed by atoms with van der Waals surface area (Å²) in [6.07, 6.45) is 5.26. The number of likely N-dealkylation sites (tertiary alicyclic amines) is 1. The van der Waals surface area contributed by atoms with Gasteiger partial charge >= 0.3 is 6.09 Å². The van der Waals surface area contributed by atoms with E-state index in [2.05, 4.69) is 15.4 Å². The number of hydrogen-bond donors (Lipinski definition) is 2. The third-order valence-electron chi connectivity index (χ3n) is 6.51. The lowest BCUT2D eigenvalue weighted by Gasteiger charge is -2.20. The lowest BCUT2D eigenvalue weighted by atomic mass is 10.1. The van der Waals surface area contributed by atoms with Crippen molar-refractivity contribution >= 4 is 33.1 Å². The summed E-state index contributed by atoms with van der Waals surface area (Å²) >= 11 is 0. The lowest BCUT2D eigenvalue weighted by molar-refractivity contribution is -0.124. The highest BCUT2D eigenvalue weighted by atomic mass is 32.2.